The number of rotatable bonds is 7. The molecule has 1 aliphatic heterocycles. The van der Waals surface area contributed by atoms with Crippen molar-refractivity contribution in [2.75, 3.05) is 13.2 Å². The summed E-state index contributed by atoms with van der Waals surface area (Å²) >= 11 is 5.40. The van der Waals surface area contributed by atoms with Gasteiger partial charge in [0.1, 0.15) is 11.6 Å². The van der Waals surface area contributed by atoms with Crippen LogP contribution < -0.4 is 4.74 Å². The predicted octanol–water partition coefficient (Wildman–Crippen LogP) is 4.90. The molecule has 0 bridgehead atoms. The summed E-state index contributed by atoms with van der Waals surface area (Å²) in [5.74, 6) is 1.28. The first kappa shape index (κ1) is 21.2. The first-order valence-corrected chi connectivity index (χ1v) is 10.9. The van der Waals surface area contributed by atoms with E-state index in [0.29, 0.717) is 36.7 Å². The molecule has 2 aromatic carbocycles. The SMILES string of the molecule is CCOc1ccc(-c2n[nH]c(=S)n2CCC(=O)N2CCCC2c2ccc(F)cc2)cc1. The van der Waals surface area contributed by atoms with Gasteiger partial charge in [0.05, 0.1) is 12.6 Å². The summed E-state index contributed by atoms with van der Waals surface area (Å²) in [5.41, 5.74) is 1.87. The number of ether oxygens (including phenoxy) is 1. The molecular formula is C23H25FN4O2S. The van der Waals surface area contributed by atoms with Crippen LogP contribution in [0.1, 0.15) is 37.8 Å². The van der Waals surface area contributed by atoms with Gasteiger partial charge in [0.2, 0.25) is 5.91 Å². The van der Waals surface area contributed by atoms with E-state index >= 15 is 0 Å². The molecule has 0 radical (unpaired) electrons. The number of carbonyl (C=O) groups is 1. The highest BCUT2D eigenvalue weighted by molar-refractivity contribution is 7.71. The number of aromatic amines is 1. The molecule has 1 saturated heterocycles. The highest BCUT2D eigenvalue weighted by Crippen LogP contribution is 2.32. The molecule has 3 aromatic rings. The molecule has 162 valence electrons. The second-order valence-corrected chi connectivity index (χ2v) is 7.89. The predicted molar refractivity (Wildman–Crippen MR) is 119 cm³/mol. The van der Waals surface area contributed by atoms with Crippen molar-refractivity contribution in [2.24, 2.45) is 0 Å². The first-order chi connectivity index (χ1) is 15.1. The first-order valence-electron chi connectivity index (χ1n) is 10.5. The molecule has 1 atom stereocenters. The lowest BCUT2D eigenvalue weighted by Crippen LogP contribution is -2.31. The number of likely N-dealkylation sites (tertiary alicyclic amines) is 1. The van der Waals surface area contributed by atoms with E-state index in [1.165, 1.54) is 12.1 Å². The van der Waals surface area contributed by atoms with Crippen LogP contribution in [0.2, 0.25) is 0 Å². The van der Waals surface area contributed by atoms with Crippen molar-refractivity contribution >= 4 is 18.1 Å². The number of benzene rings is 2. The van der Waals surface area contributed by atoms with Crippen LogP contribution in [0.4, 0.5) is 4.39 Å². The van der Waals surface area contributed by atoms with Gasteiger partial charge in [0.25, 0.3) is 0 Å². The van der Waals surface area contributed by atoms with Crippen LogP contribution in [0.5, 0.6) is 5.75 Å². The molecular weight excluding hydrogens is 415 g/mol. The van der Waals surface area contributed by atoms with Gasteiger partial charge in [-0.1, -0.05) is 12.1 Å². The molecule has 0 saturated carbocycles. The standard InChI is InChI=1S/C23H25FN4O2S/c1-2-30-19-11-7-17(8-12-19)22-25-26-23(31)28(22)15-13-21(29)27-14-3-4-20(27)16-5-9-18(24)10-6-16/h5-12,20H,2-4,13-15H2,1H3,(H,26,31). The summed E-state index contributed by atoms with van der Waals surface area (Å²) in [6.45, 7) is 3.69. The van der Waals surface area contributed by atoms with Crippen LogP contribution in [0.3, 0.4) is 0 Å². The maximum atomic E-state index is 13.3. The van der Waals surface area contributed by atoms with Gasteiger partial charge < -0.3 is 9.64 Å². The fraction of sp³-hybridized carbons (Fsp3) is 0.348. The lowest BCUT2D eigenvalue weighted by Gasteiger charge is -2.25. The van der Waals surface area contributed by atoms with Gasteiger partial charge in [0, 0.05) is 25.1 Å². The van der Waals surface area contributed by atoms with Gasteiger partial charge in [-0.15, -0.1) is 0 Å². The van der Waals surface area contributed by atoms with Crippen molar-refractivity contribution in [1.82, 2.24) is 19.7 Å². The molecule has 1 aliphatic rings. The third-order valence-corrected chi connectivity index (χ3v) is 5.87. The summed E-state index contributed by atoms with van der Waals surface area (Å²) in [5, 5.41) is 7.19. The van der Waals surface area contributed by atoms with Crippen LogP contribution in [-0.4, -0.2) is 38.7 Å². The van der Waals surface area contributed by atoms with Crippen molar-refractivity contribution in [1.29, 1.82) is 0 Å². The molecule has 6 nitrogen and oxygen atoms in total. The van der Waals surface area contributed by atoms with Crippen LogP contribution in [0, 0.1) is 10.6 Å². The van der Waals surface area contributed by atoms with E-state index in [2.05, 4.69) is 10.2 Å². The van der Waals surface area contributed by atoms with Gasteiger partial charge in [0.15, 0.2) is 10.6 Å². The Hall–Kier alpha value is -3.00. The van der Waals surface area contributed by atoms with E-state index in [1.807, 2.05) is 40.7 Å². The van der Waals surface area contributed by atoms with Crippen molar-refractivity contribution in [3.05, 3.63) is 64.7 Å². The Labute approximate surface area is 185 Å². The Morgan fingerprint density at radius 1 is 1.23 bits per heavy atom. The van der Waals surface area contributed by atoms with Crippen LogP contribution >= 0.6 is 12.2 Å². The zero-order valence-corrected chi connectivity index (χ0v) is 18.2. The van der Waals surface area contributed by atoms with Crippen LogP contribution in [-0.2, 0) is 11.3 Å². The van der Waals surface area contributed by atoms with Gasteiger partial charge in [-0.2, -0.15) is 5.10 Å². The molecule has 0 aliphatic carbocycles. The zero-order chi connectivity index (χ0) is 21.8. The molecule has 1 N–H and O–H groups in total. The molecule has 1 aromatic heterocycles. The lowest BCUT2D eigenvalue weighted by molar-refractivity contribution is -0.132. The Kier molecular flexibility index (Phi) is 6.46. The third kappa shape index (κ3) is 4.69. The Balaban J connectivity index is 1.46. The van der Waals surface area contributed by atoms with E-state index in [9.17, 15) is 9.18 Å². The average molecular weight is 441 g/mol. The van der Waals surface area contributed by atoms with Gasteiger partial charge in [-0.25, -0.2) is 4.39 Å². The summed E-state index contributed by atoms with van der Waals surface area (Å²) in [7, 11) is 0. The van der Waals surface area contributed by atoms with Gasteiger partial charge in [-0.3, -0.25) is 14.5 Å². The van der Waals surface area contributed by atoms with Gasteiger partial charge in [-0.05, 0) is 73.9 Å². The topological polar surface area (TPSA) is 63.1 Å². The second-order valence-electron chi connectivity index (χ2n) is 7.51. The minimum absolute atomic E-state index is 0.00370. The molecule has 1 amide bonds. The van der Waals surface area contributed by atoms with E-state index in [4.69, 9.17) is 17.0 Å². The minimum atomic E-state index is -0.268. The molecule has 8 heteroatoms. The number of nitrogens with zero attached hydrogens (tertiary/aromatic N) is 3. The largest absolute Gasteiger partial charge is 0.494 e. The molecule has 1 unspecified atom stereocenters. The van der Waals surface area contributed by atoms with Crippen molar-refractivity contribution in [2.45, 2.75) is 38.8 Å². The van der Waals surface area contributed by atoms with E-state index in [1.54, 1.807) is 12.1 Å². The molecule has 2 heterocycles. The number of halogens is 1. The van der Waals surface area contributed by atoms with Crippen molar-refractivity contribution in [3.8, 4) is 17.1 Å². The third-order valence-electron chi connectivity index (χ3n) is 5.56. The quantitative estimate of drug-likeness (QED) is 0.531. The summed E-state index contributed by atoms with van der Waals surface area (Å²) in [6.07, 6.45) is 2.14. The number of nitrogens with one attached hydrogen (secondary N) is 1. The Morgan fingerprint density at radius 3 is 2.68 bits per heavy atom. The maximum absolute atomic E-state index is 13.3. The summed E-state index contributed by atoms with van der Waals surface area (Å²) < 4.78 is 21.1. The van der Waals surface area contributed by atoms with Crippen LogP contribution in [0.25, 0.3) is 11.4 Å². The molecule has 4 rings (SSSR count). The molecule has 1 fully saturated rings. The number of carbonyl (C=O) groups excluding carboxylic acids is 1. The number of aromatic nitrogens is 3. The average Bonchev–Trinajstić information content (AvgIpc) is 3.41. The van der Waals surface area contributed by atoms with Crippen molar-refractivity contribution < 1.29 is 13.9 Å². The fourth-order valence-corrected chi connectivity index (χ4v) is 4.28. The monoisotopic (exact) mass is 440 g/mol. The Morgan fingerprint density at radius 2 is 1.97 bits per heavy atom. The number of hydrogen-bond donors (Lipinski definition) is 1. The van der Waals surface area contributed by atoms with Crippen molar-refractivity contribution in [3.63, 3.8) is 0 Å². The van der Waals surface area contributed by atoms with Crippen LogP contribution in [0.15, 0.2) is 48.5 Å². The number of hydrogen-bond acceptors (Lipinski definition) is 4. The maximum Gasteiger partial charge on any atom is 0.224 e. The number of H-pyrrole nitrogens is 1. The van der Waals surface area contributed by atoms with E-state index in [-0.39, 0.29) is 17.8 Å². The highest BCUT2D eigenvalue weighted by atomic mass is 32.1. The van der Waals surface area contributed by atoms with E-state index < -0.39 is 0 Å². The highest BCUT2D eigenvalue weighted by Gasteiger charge is 2.29. The fourth-order valence-electron chi connectivity index (χ4n) is 4.06. The molecule has 0 spiro atoms. The normalized spacial score (nSPS) is 15.9. The zero-order valence-electron chi connectivity index (χ0n) is 17.4. The summed E-state index contributed by atoms with van der Waals surface area (Å²) in [6, 6.07) is 14.1. The van der Waals surface area contributed by atoms with E-state index in [0.717, 1.165) is 29.7 Å². The number of amides is 1. The summed E-state index contributed by atoms with van der Waals surface area (Å²) in [4.78, 5) is 14.9. The van der Waals surface area contributed by atoms with Gasteiger partial charge >= 0.3 is 0 Å². The Bertz CT molecular complexity index is 1090. The minimum Gasteiger partial charge on any atom is -0.494 e. The smallest absolute Gasteiger partial charge is 0.224 e. The lowest BCUT2D eigenvalue weighted by atomic mass is 10.0. The second kappa shape index (κ2) is 9.43. The molecule has 31 heavy (non-hydrogen) atoms.